The fourth-order valence-corrected chi connectivity index (χ4v) is 1.40. The maximum Gasteiger partial charge on any atom is 0.309 e. The van der Waals surface area contributed by atoms with Crippen LogP contribution in [0.1, 0.15) is 47.0 Å². The van der Waals surface area contributed by atoms with E-state index >= 15 is 0 Å². The Morgan fingerprint density at radius 2 is 1.81 bits per heavy atom. The van der Waals surface area contributed by atoms with Crippen molar-refractivity contribution >= 4 is 11.9 Å². The Morgan fingerprint density at radius 1 is 1.25 bits per heavy atom. The van der Waals surface area contributed by atoms with Crippen LogP contribution < -0.4 is 0 Å². The Bertz CT molecular complexity index is 240. The van der Waals surface area contributed by atoms with E-state index in [-0.39, 0.29) is 24.3 Å². The summed E-state index contributed by atoms with van der Waals surface area (Å²) in [5.41, 5.74) is -0.510. The molecule has 16 heavy (non-hydrogen) atoms. The first kappa shape index (κ1) is 14.9. The third-order valence-corrected chi connectivity index (χ3v) is 2.00. The number of rotatable bonds is 5. The maximum absolute atomic E-state index is 11.5. The number of carbonyl (C=O) groups is 2. The molecule has 4 heteroatoms. The zero-order valence-electron chi connectivity index (χ0n) is 10.8. The summed E-state index contributed by atoms with van der Waals surface area (Å²) in [7, 11) is 1.33. The van der Waals surface area contributed by atoms with E-state index in [9.17, 15) is 9.59 Å². The summed E-state index contributed by atoms with van der Waals surface area (Å²) in [4.78, 5) is 22.9. The predicted molar refractivity (Wildman–Crippen MR) is 60.9 cm³/mol. The molecule has 0 aromatic heterocycles. The molecule has 0 rings (SSSR count). The van der Waals surface area contributed by atoms with Crippen molar-refractivity contribution in [3.05, 3.63) is 0 Å². The zero-order chi connectivity index (χ0) is 12.8. The average Bonchev–Trinajstić information content (AvgIpc) is 2.13. The first-order chi connectivity index (χ1) is 7.30. The van der Waals surface area contributed by atoms with Crippen molar-refractivity contribution in [3.8, 4) is 0 Å². The summed E-state index contributed by atoms with van der Waals surface area (Å²) in [5, 5.41) is 0. The van der Waals surface area contributed by atoms with E-state index in [1.165, 1.54) is 7.11 Å². The van der Waals surface area contributed by atoms with Crippen molar-refractivity contribution in [2.45, 2.75) is 52.6 Å². The van der Waals surface area contributed by atoms with Gasteiger partial charge in [-0.2, -0.15) is 0 Å². The van der Waals surface area contributed by atoms with Gasteiger partial charge in [-0.3, -0.25) is 9.59 Å². The van der Waals surface area contributed by atoms with Gasteiger partial charge in [0.1, 0.15) is 5.60 Å². The van der Waals surface area contributed by atoms with Gasteiger partial charge in [0.15, 0.2) is 0 Å². The molecule has 0 aromatic rings. The minimum absolute atomic E-state index is 0.0950. The third-order valence-electron chi connectivity index (χ3n) is 2.00. The summed E-state index contributed by atoms with van der Waals surface area (Å²) in [6.45, 7) is 7.37. The Hall–Kier alpha value is -1.06. The van der Waals surface area contributed by atoms with Crippen LogP contribution in [0.2, 0.25) is 0 Å². The lowest BCUT2D eigenvalue weighted by Crippen LogP contribution is -2.27. The van der Waals surface area contributed by atoms with Gasteiger partial charge in [-0.25, -0.2) is 0 Å². The average molecular weight is 230 g/mol. The molecule has 0 bridgehead atoms. The summed E-state index contributed by atoms with van der Waals surface area (Å²) in [6.07, 6.45) is 1.58. The molecule has 0 unspecified atom stereocenters. The Balaban J connectivity index is 4.29. The number of hydrogen-bond donors (Lipinski definition) is 0. The van der Waals surface area contributed by atoms with Crippen LogP contribution >= 0.6 is 0 Å². The fourth-order valence-electron chi connectivity index (χ4n) is 1.40. The summed E-state index contributed by atoms with van der Waals surface area (Å²) < 4.78 is 9.81. The number of hydrogen-bond acceptors (Lipinski definition) is 4. The Morgan fingerprint density at radius 3 is 2.19 bits per heavy atom. The van der Waals surface area contributed by atoms with Crippen LogP contribution in [0, 0.1) is 5.92 Å². The maximum atomic E-state index is 11.5. The minimum Gasteiger partial charge on any atom is -0.469 e. The van der Waals surface area contributed by atoms with Crippen LogP contribution in [0.5, 0.6) is 0 Å². The van der Waals surface area contributed by atoms with E-state index < -0.39 is 5.60 Å². The van der Waals surface area contributed by atoms with Crippen molar-refractivity contribution in [3.63, 3.8) is 0 Å². The van der Waals surface area contributed by atoms with Gasteiger partial charge in [0.05, 0.1) is 19.4 Å². The second-order valence-electron chi connectivity index (χ2n) is 4.80. The van der Waals surface area contributed by atoms with Crippen LogP contribution in [-0.2, 0) is 19.1 Å². The van der Waals surface area contributed by atoms with Crippen LogP contribution in [0.3, 0.4) is 0 Å². The van der Waals surface area contributed by atoms with Crippen molar-refractivity contribution < 1.29 is 19.1 Å². The second kappa shape index (κ2) is 6.51. The number of carbonyl (C=O) groups excluding carboxylic acids is 2. The molecule has 0 radical (unpaired) electrons. The highest BCUT2D eigenvalue weighted by atomic mass is 16.6. The van der Waals surface area contributed by atoms with Crippen LogP contribution in [0.4, 0.5) is 0 Å². The molecule has 94 valence electrons. The predicted octanol–water partition coefficient (Wildman–Crippen LogP) is 2.31. The van der Waals surface area contributed by atoms with Gasteiger partial charge in [0.2, 0.25) is 0 Å². The highest BCUT2D eigenvalue weighted by molar-refractivity contribution is 5.80. The normalized spacial score (nSPS) is 13.1. The minimum atomic E-state index is -0.510. The molecular weight excluding hydrogens is 208 g/mol. The van der Waals surface area contributed by atoms with E-state index in [0.717, 1.165) is 6.42 Å². The van der Waals surface area contributed by atoms with Gasteiger partial charge in [0.25, 0.3) is 0 Å². The molecule has 0 fully saturated rings. The highest BCUT2D eigenvalue weighted by Crippen LogP contribution is 2.16. The van der Waals surface area contributed by atoms with Crippen molar-refractivity contribution in [2.24, 2.45) is 5.92 Å². The lowest BCUT2D eigenvalue weighted by molar-refractivity contribution is -0.160. The monoisotopic (exact) mass is 230 g/mol. The molecule has 0 saturated carbocycles. The molecule has 0 aliphatic heterocycles. The SMILES string of the molecule is CCC[C@H](CC(=O)OC(C)(C)C)C(=O)OC. The highest BCUT2D eigenvalue weighted by Gasteiger charge is 2.25. The molecule has 0 saturated heterocycles. The molecule has 0 aliphatic carbocycles. The van der Waals surface area contributed by atoms with Crippen molar-refractivity contribution in [2.75, 3.05) is 7.11 Å². The summed E-state index contributed by atoms with van der Waals surface area (Å²) in [5.74, 6) is -1.08. The third kappa shape index (κ3) is 6.43. The lowest BCUT2D eigenvalue weighted by Gasteiger charge is -2.21. The molecule has 0 spiro atoms. The quantitative estimate of drug-likeness (QED) is 0.680. The molecule has 1 atom stereocenters. The second-order valence-corrected chi connectivity index (χ2v) is 4.80. The molecule has 0 N–H and O–H groups in total. The van der Waals surface area contributed by atoms with Gasteiger partial charge in [0, 0.05) is 0 Å². The largest absolute Gasteiger partial charge is 0.469 e. The molecule has 0 heterocycles. The molecule has 0 amide bonds. The van der Waals surface area contributed by atoms with Gasteiger partial charge in [-0.05, 0) is 27.2 Å². The lowest BCUT2D eigenvalue weighted by atomic mass is 10.00. The van der Waals surface area contributed by atoms with Crippen LogP contribution in [0.25, 0.3) is 0 Å². The number of ether oxygens (including phenoxy) is 2. The van der Waals surface area contributed by atoms with Crippen molar-refractivity contribution in [1.29, 1.82) is 0 Å². The molecule has 0 aromatic carbocycles. The van der Waals surface area contributed by atoms with Gasteiger partial charge < -0.3 is 9.47 Å². The Labute approximate surface area is 97.3 Å². The summed E-state index contributed by atoms with van der Waals surface area (Å²) >= 11 is 0. The first-order valence-electron chi connectivity index (χ1n) is 5.59. The van der Waals surface area contributed by atoms with E-state index in [1.54, 1.807) is 20.8 Å². The van der Waals surface area contributed by atoms with E-state index in [2.05, 4.69) is 4.74 Å². The molecule has 4 nitrogen and oxygen atoms in total. The van der Waals surface area contributed by atoms with Gasteiger partial charge in [-0.15, -0.1) is 0 Å². The van der Waals surface area contributed by atoms with E-state index in [4.69, 9.17) is 4.74 Å². The number of esters is 2. The van der Waals surface area contributed by atoms with Gasteiger partial charge >= 0.3 is 11.9 Å². The fraction of sp³-hybridized carbons (Fsp3) is 0.833. The van der Waals surface area contributed by atoms with Gasteiger partial charge in [-0.1, -0.05) is 13.3 Å². The molecule has 0 aliphatic rings. The topological polar surface area (TPSA) is 52.6 Å². The molecular formula is C12H22O4. The summed E-state index contributed by atoms with van der Waals surface area (Å²) in [6, 6.07) is 0. The van der Waals surface area contributed by atoms with Crippen LogP contribution in [0.15, 0.2) is 0 Å². The van der Waals surface area contributed by atoms with E-state index in [1.807, 2.05) is 6.92 Å². The van der Waals surface area contributed by atoms with Crippen molar-refractivity contribution in [1.82, 2.24) is 0 Å². The smallest absolute Gasteiger partial charge is 0.309 e. The number of methoxy groups -OCH3 is 1. The standard InChI is InChI=1S/C12H22O4/c1-6-7-9(11(14)15-5)8-10(13)16-12(2,3)4/h9H,6-8H2,1-5H3/t9-/m1/s1. The van der Waals surface area contributed by atoms with E-state index in [0.29, 0.717) is 6.42 Å². The zero-order valence-corrected chi connectivity index (χ0v) is 10.8. The Kier molecular flexibility index (Phi) is 6.08. The van der Waals surface area contributed by atoms with Crippen LogP contribution in [-0.4, -0.2) is 24.6 Å². The first-order valence-corrected chi connectivity index (χ1v) is 5.59.